The molecular formula is C13H13N5OS. The first-order chi connectivity index (χ1) is 9.69. The van der Waals surface area contributed by atoms with Crippen molar-refractivity contribution < 1.29 is 0 Å². The van der Waals surface area contributed by atoms with Crippen molar-refractivity contribution in [3.8, 4) is 0 Å². The number of fused-ring (bicyclic) bond motifs is 1. The third kappa shape index (κ3) is 2.17. The molecule has 0 saturated heterocycles. The predicted octanol–water partition coefficient (Wildman–Crippen LogP) is 1.50. The van der Waals surface area contributed by atoms with E-state index in [1.54, 1.807) is 23.2 Å². The molecule has 20 heavy (non-hydrogen) atoms. The van der Waals surface area contributed by atoms with E-state index < -0.39 is 0 Å². The maximum Gasteiger partial charge on any atom is 0.271 e. The molecule has 0 amide bonds. The molecule has 0 aliphatic heterocycles. The molecule has 3 rings (SSSR count). The molecular weight excluding hydrogens is 274 g/mol. The van der Waals surface area contributed by atoms with Crippen molar-refractivity contribution in [3.63, 3.8) is 0 Å². The number of aryl methyl sites for hydroxylation is 1. The molecule has 0 aliphatic rings. The Morgan fingerprint density at radius 1 is 1.40 bits per heavy atom. The van der Waals surface area contributed by atoms with Crippen LogP contribution >= 0.6 is 11.3 Å². The Labute approximate surface area is 118 Å². The van der Waals surface area contributed by atoms with E-state index >= 15 is 0 Å². The van der Waals surface area contributed by atoms with Crippen LogP contribution in [0.1, 0.15) is 11.1 Å². The minimum Gasteiger partial charge on any atom is -0.308 e. The molecule has 0 atom stereocenters. The number of hydrogen-bond acceptors (Lipinski definition) is 6. The summed E-state index contributed by atoms with van der Waals surface area (Å²) in [7, 11) is 0. The summed E-state index contributed by atoms with van der Waals surface area (Å²) >= 11 is 1.43. The molecule has 0 aliphatic carbocycles. The Balaban J connectivity index is 1.97. The second kappa shape index (κ2) is 5.03. The van der Waals surface area contributed by atoms with E-state index in [9.17, 15) is 4.79 Å². The topological polar surface area (TPSA) is 85.8 Å². The van der Waals surface area contributed by atoms with E-state index in [1.165, 1.54) is 11.3 Å². The predicted molar refractivity (Wildman–Crippen MR) is 79.8 cm³/mol. The highest BCUT2D eigenvalue weighted by atomic mass is 32.1. The van der Waals surface area contributed by atoms with Crippen molar-refractivity contribution in [2.45, 2.75) is 13.5 Å². The molecule has 7 heteroatoms. The van der Waals surface area contributed by atoms with Crippen molar-refractivity contribution >= 4 is 27.4 Å². The number of hydrogen-bond donors (Lipinski definition) is 2. The van der Waals surface area contributed by atoms with Gasteiger partial charge >= 0.3 is 0 Å². The van der Waals surface area contributed by atoms with Gasteiger partial charge in [0.2, 0.25) is 0 Å². The van der Waals surface area contributed by atoms with E-state index in [4.69, 9.17) is 5.84 Å². The Morgan fingerprint density at radius 3 is 2.95 bits per heavy atom. The summed E-state index contributed by atoms with van der Waals surface area (Å²) in [6.07, 6.45) is 3.27. The van der Waals surface area contributed by atoms with E-state index in [2.05, 4.69) is 15.4 Å². The normalized spacial score (nSPS) is 10.9. The van der Waals surface area contributed by atoms with E-state index in [0.29, 0.717) is 17.1 Å². The van der Waals surface area contributed by atoms with Crippen LogP contribution in [0.4, 0.5) is 5.82 Å². The SMILES string of the molecule is Cc1csc2c(=O)n(Cc3ccc(NN)nc3)cnc12. The summed E-state index contributed by atoms with van der Waals surface area (Å²) in [6.45, 7) is 2.40. The minimum absolute atomic E-state index is 0.0193. The molecule has 0 fully saturated rings. The molecule has 3 aromatic heterocycles. The van der Waals surface area contributed by atoms with Crippen LogP contribution in [0.3, 0.4) is 0 Å². The van der Waals surface area contributed by atoms with Gasteiger partial charge in [0.05, 0.1) is 18.4 Å². The maximum atomic E-state index is 12.3. The maximum absolute atomic E-state index is 12.3. The van der Waals surface area contributed by atoms with Crippen LogP contribution in [-0.2, 0) is 6.54 Å². The quantitative estimate of drug-likeness (QED) is 0.563. The first-order valence-electron chi connectivity index (χ1n) is 6.04. The van der Waals surface area contributed by atoms with Crippen LogP contribution < -0.4 is 16.8 Å². The van der Waals surface area contributed by atoms with Crippen LogP contribution in [-0.4, -0.2) is 14.5 Å². The lowest BCUT2D eigenvalue weighted by molar-refractivity contribution is 0.747. The number of nitrogens with two attached hydrogens (primary N) is 1. The van der Waals surface area contributed by atoms with Gasteiger partial charge < -0.3 is 5.43 Å². The third-order valence-electron chi connectivity index (χ3n) is 3.05. The van der Waals surface area contributed by atoms with Gasteiger partial charge in [-0.3, -0.25) is 9.36 Å². The number of anilines is 1. The third-order valence-corrected chi connectivity index (χ3v) is 4.12. The summed E-state index contributed by atoms with van der Waals surface area (Å²) in [4.78, 5) is 20.8. The van der Waals surface area contributed by atoms with Crippen LogP contribution in [0.15, 0.2) is 34.8 Å². The number of nitrogens with one attached hydrogen (secondary N) is 1. The van der Waals surface area contributed by atoms with Crippen LogP contribution in [0.2, 0.25) is 0 Å². The van der Waals surface area contributed by atoms with Gasteiger partial charge in [0.15, 0.2) is 0 Å². The fourth-order valence-electron chi connectivity index (χ4n) is 1.97. The van der Waals surface area contributed by atoms with Crippen molar-refractivity contribution in [2.24, 2.45) is 5.84 Å². The Hall–Kier alpha value is -2.25. The van der Waals surface area contributed by atoms with E-state index in [1.807, 2.05) is 18.4 Å². The Morgan fingerprint density at radius 2 is 2.25 bits per heavy atom. The van der Waals surface area contributed by atoms with Gasteiger partial charge in [-0.25, -0.2) is 15.8 Å². The van der Waals surface area contributed by atoms with Crippen LogP contribution in [0.5, 0.6) is 0 Å². The number of aromatic nitrogens is 3. The number of pyridine rings is 1. The molecule has 102 valence electrons. The minimum atomic E-state index is -0.0193. The lowest BCUT2D eigenvalue weighted by Crippen LogP contribution is -2.20. The summed E-state index contributed by atoms with van der Waals surface area (Å²) in [6, 6.07) is 3.64. The van der Waals surface area contributed by atoms with E-state index in [-0.39, 0.29) is 5.56 Å². The van der Waals surface area contributed by atoms with Gasteiger partial charge in [0, 0.05) is 6.20 Å². The summed E-state index contributed by atoms with van der Waals surface area (Å²) in [5.41, 5.74) is 5.19. The van der Waals surface area contributed by atoms with Gasteiger partial charge in [0.25, 0.3) is 5.56 Å². The molecule has 3 N–H and O–H groups in total. The zero-order chi connectivity index (χ0) is 14.1. The molecule has 0 spiro atoms. The highest BCUT2D eigenvalue weighted by Gasteiger charge is 2.08. The largest absolute Gasteiger partial charge is 0.308 e. The second-order valence-corrected chi connectivity index (χ2v) is 5.35. The first kappa shape index (κ1) is 12.8. The highest BCUT2D eigenvalue weighted by molar-refractivity contribution is 7.17. The molecule has 0 unspecified atom stereocenters. The molecule has 0 bridgehead atoms. The lowest BCUT2D eigenvalue weighted by atomic mass is 10.2. The smallest absolute Gasteiger partial charge is 0.271 e. The van der Waals surface area contributed by atoms with Crippen LogP contribution in [0.25, 0.3) is 10.2 Å². The fraction of sp³-hybridized carbons (Fsp3) is 0.154. The zero-order valence-electron chi connectivity index (χ0n) is 10.8. The molecule has 0 aromatic carbocycles. The lowest BCUT2D eigenvalue weighted by Gasteiger charge is -2.06. The molecule has 3 aromatic rings. The number of nitrogens with zero attached hydrogens (tertiary/aromatic N) is 3. The number of nitrogen functional groups attached to an aromatic ring is 1. The van der Waals surface area contributed by atoms with E-state index in [0.717, 1.165) is 16.6 Å². The number of hydrazine groups is 1. The number of thiophene rings is 1. The van der Waals surface area contributed by atoms with Crippen molar-refractivity contribution in [2.75, 3.05) is 5.43 Å². The standard InChI is InChI=1S/C13H13N5OS/c1-8-6-20-12-11(8)16-7-18(13(12)19)5-9-2-3-10(17-14)15-4-9/h2-4,6-7H,5,14H2,1H3,(H,15,17). The van der Waals surface area contributed by atoms with Crippen molar-refractivity contribution in [1.82, 2.24) is 14.5 Å². The average Bonchev–Trinajstić information content (AvgIpc) is 2.85. The Bertz CT molecular complexity index is 806. The molecule has 6 nitrogen and oxygen atoms in total. The summed E-state index contributed by atoms with van der Waals surface area (Å²) < 4.78 is 2.28. The van der Waals surface area contributed by atoms with Gasteiger partial charge in [-0.05, 0) is 29.5 Å². The second-order valence-electron chi connectivity index (χ2n) is 4.47. The zero-order valence-corrected chi connectivity index (χ0v) is 11.6. The summed E-state index contributed by atoms with van der Waals surface area (Å²) in [5, 5.41) is 1.95. The first-order valence-corrected chi connectivity index (χ1v) is 6.92. The molecule has 0 saturated carbocycles. The number of rotatable bonds is 3. The average molecular weight is 287 g/mol. The van der Waals surface area contributed by atoms with Gasteiger partial charge in [-0.2, -0.15) is 0 Å². The molecule has 3 heterocycles. The summed E-state index contributed by atoms with van der Waals surface area (Å²) in [5.74, 6) is 5.85. The highest BCUT2D eigenvalue weighted by Crippen LogP contribution is 2.19. The Kier molecular flexibility index (Phi) is 3.21. The fourth-order valence-corrected chi connectivity index (χ4v) is 2.92. The van der Waals surface area contributed by atoms with Crippen molar-refractivity contribution in [3.05, 3.63) is 51.5 Å². The van der Waals surface area contributed by atoms with Gasteiger partial charge in [-0.15, -0.1) is 11.3 Å². The van der Waals surface area contributed by atoms with Crippen LogP contribution in [0, 0.1) is 6.92 Å². The van der Waals surface area contributed by atoms with Crippen molar-refractivity contribution in [1.29, 1.82) is 0 Å². The van der Waals surface area contributed by atoms with Gasteiger partial charge in [-0.1, -0.05) is 6.07 Å². The monoisotopic (exact) mass is 287 g/mol. The molecule has 0 radical (unpaired) electrons. The van der Waals surface area contributed by atoms with Gasteiger partial charge in [0.1, 0.15) is 10.5 Å².